The molecular weight excluding hydrogens is 302 g/mol. The largest absolute Gasteiger partial charge is 0.399 e. The maximum Gasteiger partial charge on any atom is 0.101 e. The van der Waals surface area contributed by atoms with Gasteiger partial charge in [0.2, 0.25) is 0 Å². The highest BCUT2D eigenvalue weighted by molar-refractivity contribution is 9.10. The Morgan fingerprint density at radius 2 is 2.00 bits per heavy atom. The van der Waals surface area contributed by atoms with Crippen molar-refractivity contribution in [2.24, 2.45) is 0 Å². The summed E-state index contributed by atoms with van der Waals surface area (Å²) in [5, 5.41) is 9.12. The summed E-state index contributed by atoms with van der Waals surface area (Å²) in [6.45, 7) is 0.697. The van der Waals surface area contributed by atoms with Gasteiger partial charge in [-0.2, -0.15) is 5.26 Å². The van der Waals surface area contributed by atoms with E-state index >= 15 is 0 Å². The van der Waals surface area contributed by atoms with Crippen LogP contribution < -0.4 is 10.6 Å². The molecule has 0 radical (unpaired) electrons. The molecule has 0 aliphatic rings. The van der Waals surface area contributed by atoms with Crippen LogP contribution in [0.25, 0.3) is 0 Å². The Kier molecular flexibility index (Phi) is 4.08. The average Bonchev–Trinajstić information content (AvgIpc) is 2.37. The molecule has 0 fully saturated rings. The zero-order valence-electron chi connectivity index (χ0n) is 10.6. The fourth-order valence-corrected chi connectivity index (χ4v) is 2.59. The smallest absolute Gasteiger partial charge is 0.101 e. The molecule has 0 saturated carbocycles. The minimum atomic E-state index is 0.674. The number of benzene rings is 2. The van der Waals surface area contributed by atoms with E-state index in [0.29, 0.717) is 12.1 Å². The van der Waals surface area contributed by atoms with E-state index in [1.807, 2.05) is 54.4 Å². The molecule has 4 heteroatoms. The van der Waals surface area contributed by atoms with Gasteiger partial charge in [0, 0.05) is 23.8 Å². The number of rotatable bonds is 3. The van der Waals surface area contributed by atoms with E-state index in [-0.39, 0.29) is 0 Å². The van der Waals surface area contributed by atoms with Crippen LogP contribution in [0.15, 0.2) is 46.9 Å². The molecule has 2 aromatic rings. The fraction of sp³-hybridized carbons (Fsp3) is 0.133. The zero-order chi connectivity index (χ0) is 13.8. The van der Waals surface area contributed by atoms with E-state index in [1.54, 1.807) is 0 Å². The van der Waals surface area contributed by atoms with E-state index in [0.717, 1.165) is 21.4 Å². The van der Waals surface area contributed by atoms with Gasteiger partial charge in [0.05, 0.1) is 11.3 Å². The predicted molar refractivity (Wildman–Crippen MR) is 81.8 cm³/mol. The Labute approximate surface area is 121 Å². The van der Waals surface area contributed by atoms with Crippen LogP contribution in [0.4, 0.5) is 11.4 Å². The number of hydrogen-bond acceptors (Lipinski definition) is 3. The second kappa shape index (κ2) is 5.77. The lowest BCUT2D eigenvalue weighted by Crippen LogP contribution is -2.17. The summed E-state index contributed by atoms with van der Waals surface area (Å²) in [4.78, 5) is 2.04. The Bertz CT molecular complexity index is 611. The number of nitrogens with zero attached hydrogens (tertiary/aromatic N) is 2. The molecule has 0 heterocycles. The number of halogens is 1. The summed E-state index contributed by atoms with van der Waals surface area (Å²) in [7, 11) is 1.97. The first-order valence-corrected chi connectivity index (χ1v) is 6.64. The molecule has 0 bridgehead atoms. The van der Waals surface area contributed by atoms with Gasteiger partial charge in [0.15, 0.2) is 0 Å². The second-order valence-electron chi connectivity index (χ2n) is 4.38. The van der Waals surface area contributed by atoms with Crippen molar-refractivity contribution in [3.63, 3.8) is 0 Å². The number of nitriles is 1. The first-order valence-electron chi connectivity index (χ1n) is 5.85. The molecule has 0 aromatic heterocycles. The van der Waals surface area contributed by atoms with Gasteiger partial charge in [0.1, 0.15) is 6.07 Å². The minimum Gasteiger partial charge on any atom is -0.399 e. The van der Waals surface area contributed by atoms with E-state index in [1.165, 1.54) is 0 Å². The quantitative estimate of drug-likeness (QED) is 0.881. The molecule has 3 nitrogen and oxygen atoms in total. The summed E-state index contributed by atoms with van der Waals surface area (Å²) >= 11 is 3.44. The predicted octanol–water partition coefficient (Wildman–Crippen LogP) is 3.54. The van der Waals surface area contributed by atoms with Gasteiger partial charge >= 0.3 is 0 Å². The van der Waals surface area contributed by atoms with Gasteiger partial charge in [-0.25, -0.2) is 0 Å². The first-order chi connectivity index (χ1) is 9.10. The van der Waals surface area contributed by atoms with Crippen LogP contribution in [0.5, 0.6) is 0 Å². The maximum atomic E-state index is 9.12. The van der Waals surface area contributed by atoms with Crippen molar-refractivity contribution >= 4 is 27.3 Å². The molecule has 19 heavy (non-hydrogen) atoms. The van der Waals surface area contributed by atoms with Crippen molar-refractivity contribution < 1.29 is 0 Å². The van der Waals surface area contributed by atoms with E-state index in [2.05, 4.69) is 22.0 Å². The van der Waals surface area contributed by atoms with E-state index in [9.17, 15) is 0 Å². The topological polar surface area (TPSA) is 53.0 Å². The molecule has 0 aliphatic carbocycles. The molecule has 96 valence electrons. The normalized spacial score (nSPS) is 9.95. The van der Waals surface area contributed by atoms with Crippen molar-refractivity contribution in [1.82, 2.24) is 0 Å². The summed E-state index contributed by atoms with van der Waals surface area (Å²) < 4.78 is 0.962. The van der Waals surface area contributed by atoms with E-state index < -0.39 is 0 Å². The molecule has 0 atom stereocenters. The number of nitrogens with two attached hydrogens (primary N) is 1. The Hall–Kier alpha value is -1.99. The molecule has 2 aromatic carbocycles. The molecule has 0 unspecified atom stereocenters. The van der Waals surface area contributed by atoms with Crippen LogP contribution in [-0.4, -0.2) is 7.05 Å². The maximum absolute atomic E-state index is 9.12. The summed E-state index contributed by atoms with van der Waals surface area (Å²) in [6.07, 6.45) is 0. The van der Waals surface area contributed by atoms with Crippen LogP contribution >= 0.6 is 15.9 Å². The van der Waals surface area contributed by atoms with Gasteiger partial charge < -0.3 is 10.6 Å². The van der Waals surface area contributed by atoms with Gasteiger partial charge in [0.25, 0.3) is 0 Å². The highest BCUT2D eigenvalue weighted by atomic mass is 79.9. The van der Waals surface area contributed by atoms with Crippen LogP contribution in [0, 0.1) is 11.3 Å². The Balaban J connectivity index is 2.26. The zero-order valence-corrected chi connectivity index (χ0v) is 12.2. The summed E-state index contributed by atoms with van der Waals surface area (Å²) in [6, 6.07) is 15.6. The summed E-state index contributed by atoms with van der Waals surface area (Å²) in [5.41, 5.74) is 9.25. The standard InChI is InChI=1S/C15H14BrN3/c1-19(15-5-3-2-4-12(15)9-17)10-11-6-13(16)8-14(18)7-11/h2-8H,10,18H2,1H3. The highest BCUT2D eigenvalue weighted by Crippen LogP contribution is 2.23. The lowest BCUT2D eigenvalue weighted by molar-refractivity contribution is 0.920. The van der Waals surface area contributed by atoms with Crippen molar-refractivity contribution in [1.29, 1.82) is 5.26 Å². The minimum absolute atomic E-state index is 0.674. The molecule has 0 aliphatic heterocycles. The van der Waals surface area contributed by atoms with Gasteiger partial charge in [-0.05, 0) is 35.9 Å². The van der Waals surface area contributed by atoms with Gasteiger partial charge in [-0.1, -0.05) is 28.1 Å². The number of para-hydroxylation sites is 1. The molecule has 0 spiro atoms. The van der Waals surface area contributed by atoms with Crippen molar-refractivity contribution in [3.05, 3.63) is 58.1 Å². The van der Waals surface area contributed by atoms with E-state index in [4.69, 9.17) is 11.0 Å². The molecule has 2 N–H and O–H groups in total. The third-order valence-corrected chi connectivity index (χ3v) is 3.29. The van der Waals surface area contributed by atoms with Crippen LogP contribution in [0.1, 0.15) is 11.1 Å². The van der Waals surface area contributed by atoms with Gasteiger partial charge in [-0.15, -0.1) is 0 Å². The monoisotopic (exact) mass is 315 g/mol. The van der Waals surface area contributed by atoms with Crippen LogP contribution in [-0.2, 0) is 6.54 Å². The highest BCUT2D eigenvalue weighted by Gasteiger charge is 2.07. The summed E-state index contributed by atoms with van der Waals surface area (Å²) in [5.74, 6) is 0. The SMILES string of the molecule is CN(Cc1cc(N)cc(Br)c1)c1ccccc1C#N. The molecule has 0 saturated heterocycles. The van der Waals surface area contributed by atoms with Crippen molar-refractivity contribution in [2.45, 2.75) is 6.54 Å². The Morgan fingerprint density at radius 1 is 1.26 bits per heavy atom. The molecule has 0 amide bonds. The van der Waals surface area contributed by atoms with Gasteiger partial charge in [-0.3, -0.25) is 0 Å². The Morgan fingerprint density at radius 3 is 2.68 bits per heavy atom. The fourth-order valence-electron chi connectivity index (χ4n) is 2.03. The number of anilines is 2. The average molecular weight is 316 g/mol. The number of nitrogen functional groups attached to an aromatic ring is 1. The molecular formula is C15H14BrN3. The van der Waals surface area contributed by atoms with Crippen LogP contribution in [0.2, 0.25) is 0 Å². The lowest BCUT2D eigenvalue weighted by atomic mass is 10.1. The number of hydrogen-bond donors (Lipinski definition) is 1. The molecule has 2 rings (SSSR count). The third kappa shape index (κ3) is 3.27. The van der Waals surface area contributed by atoms with Crippen molar-refractivity contribution in [2.75, 3.05) is 17.7 Å². The van der Waals surface area contributed by atoms with Crippen molar-refractivity contribution in [3.8, 4) is 6.07 Å². The third-order valence-electron chi connectivity index (χ3n) is 2.84. The lowest BCUT2D eigenvalue weighted by Gasteiger charge is -2.20. The van der Waals surface area contributed by atoms with Crippen LogP contribution in [0.3, 0.4) is 0 Å². The second-order valence-corrected chi connectivity index (χ2v) is 5.29. The first kappa shape index (κ1) is 13.4.